The van der Waals surface area contributed by atoms with E-state index in [1.165, 1.54) is 11.1 Å². The first kappa shape index (κ1) is 13.0. The minimum absolute atomic E-state index is 0.152. The molecule has 0 aliphatic carbocycles. The topological polar surface area (TPSA) is 44.5 Å². The molecule has 1 aliphatic heterocycles. The van der Waals surface area contributed by atoms with E-state index in [4.69, 9.17) is 15.2 Å². The van der Waals surface area contributed by atoms with Crippen LogP contribution in [0.3, 0.4) is 0 Å². The van der Waals surface area contributed by atoms with Gasteiger partial charge in [-0.25, -0.2) is 0 Å². The summed E-state index contributed by atoms with van der Waals surface area (Å²) in [4.78, 5) is 0. The predicted octanol–water partition coefficient (Wildman–Crippen LogP) is 3.09. The lowest BCUT2D eigenvalue weighted by atomic mass is 9.97. The first-order valence-electron chi connectivity index (χ1n) is 7.04. The van der Waals surface area contributed by atoms with Crippen LogP contribution >= 0.6 is 0 Å². The average Bonchev–Trinajstić information content (AvgIpc) is 2.53. The molecule has 0 radical (unpaired) electrons. The van der Waals surface area contributed by atoms with Crippen molar-refractivity contribution in [2.24, 2.45) is 5.73 Å². The molecule has 0 aromatic heterocycles. The van der Waals surface area contributed by atoms with Crippen molar-refractivity contribution in [2.75, 3.05) is 13.2 Å². The van der Waals surface area contributed by atoms with Gasteiger partial charge in [-0.3, -0.25) is 0 Å². The summed E-state index contributed by atoms with van der Waals surface area (Å²) in [6.45, 7) is 1.08. The highest BCUT2D eigenvalue weighted by Crippen LogP contribution is 2.36. The Balaban J connectivity index is 1.75. The minimum atomic E-state index is 0.152. The zero-order chi connectivity index (χ0) is 13.8. The van der Waals surface area contributed by atoms with Crippen molar-refractivity contribution in [1.29, 1.82) is 0 Å². The van der Waals surface area contributed by atoms with Crippen molar-refractivity contribution in [3.63, 3.8) is 0 Å². The first-order valence-corrected chi connectivity index (χ1v) is 7.04. The van der Waals surface area contributed by atoms with Gasteiger partial charge >= 0.3 is 0 Å². The molecule has 2 N–H and O–H groups in total. The Morgan fingerprint density at radius 2 is 2.00 bits per heavy atom. The molecule has 3 nitrogen and oxygen atoms in total. The fraction of sp³-hybridized carbons (Fsp3) is 0.294. The number of rotatable bonds is 4. The lowest BCUT2D eigenvalue weighted by molar-refractivity contribution is 0.176. The number of ether oxygens (including phenoxy) is 2. The molecule has 1 aliphatic rings. The largest absolute Gasteiger partial charge is 0.492 e. The lowest BCUT2D eigenvalue weighted by Gasteiger charge is -2.26. The smallest absolute Gasteiger partial charge is 0.124 e. The van der Waals surface area contributed by atoms with Gasteiger partial charge in [0.05, 0.1) is 0 Å². The van der Waals surface area contributed by atoms with Crippen LogP contribution in [-0.4, -0.2) is 13.2 Å². The number of fused-ring (bicyclic) bond motifs is 1. The summed E-state index contributed by atoms with van der Waals surface area (Å²) in [5, 5.41) is 0. The molecule has 0 bridgehead atoms. The highest BCUT2D eigenvalue weighted by molar-refractivity contribution is 5.42. The normalized spacial score (nSPS) is 17.1. The van der Waals surface area contributed by atoms with Gasteiger partial charge in [0.25, 0.3) is 0 Å². The molecule has 2 aromatic carbocycles. The van der Waals surface area contributed by atoms with Gasteiger partial charge in [0.1, 0.15) is 24.2 Å². The molecule has 2 aromatic rings. The van der Waals surface area contributed by atoms with Gasteiger partial charge in [0.2, 0.25) is 0 Å². The number of benzene rings is 2. The molecule has 0 spiro atoms. The number of hydrogen-bond donors (Lipinski definition) is 1. The quantitative estimate of drug-likeness (QED) is 0.927. The van der Waals surface area contributed by atoms with Crippen molar-refractivity contribution in [3.8, 4) is 11.5 Å². The van der Waals surface area contributed by atoms with Gasteiger partial charge in [0, 0.05) is 6.54 Å². The van der Waals surface area contributed by atoms with E-state index in [1.54, 1.807) is 0 Å². The summed E-state index contributed by atoms with van der Waals surface area (Å²) in [6, 6.07) is 16.4. The number of hydrogen-bond acceptors (Lipinski definition) is 3. The Morgan fingerprint density at radius 3 is 2.80 bits per heavy atom. The zero-order valence-electron chi connectivity index (χ0n) is 11.4. The monoisotopic (exact) mass is 269 g/mol. The summed E-state index contributed by atoms with van der Waals surface area (Å²) < 4.78 is 11.6. The summed E-state index contributed by atoms with van der Waals surface area (Å²) >= 11 is 0. The van der Waals surface area contributed by atoms with Crippen LogP contribution in [0.15, 0.2) is 48.5 Å². The molecule has 104 valence electrons. The van der Waals surface area contributed by atoms with Gasteiger partial charge in [-0.15, -0.1) is 0 Å². The van der Waals surface area contributed by atoms with Gasteiger partial charge < -0.3 is 15.2 Å². The molecule has 1 unspecified atom stereocenters. The van der Waals surface area contributed by atoms with Crippen LogP contribution in [0.4, 0.5) is 0 Å². The Bertz CT molecular complexity index is 568. The van der Waals surface area contributed by atoms with E-state index >= 15 is 0 Å². The highest BCUT2D eigenvalue weighted by Gasteiger charge is 2.21. The first-order chi connectivity index (χ1) is 9.86. The van der Waals surface area contributed by atoms with Gasteiger partial charge in [-0.2, -0.15) is 0 Å². The molecule has 0 saturated heterocycles. The van der Waals surface area contributed by atoms with Crippen LogP contribution in [0, 0.1) is 0 Å². The molecule has 3 rings (SSSR count). The Morgan fingerprint density at radius 1 is 1.15 bits per heavy atom. The van der Waals surface area contributed by atoms with Crippen molar-refractivity contribution < 1.29 is 9.47 Å². The van der Waals surface area contributed by atoms with Crippen molar-refractivity contribution in [1.82, 2.24) is 0 Å². The molecule has 1 atom stereocenters. The molecule has 3 heteroatoms. The van der Waals surface area contributed by atoms with E-state index in [9.17, 15) is 0 Å². The maximum absolute atomic E-state index is 6.10. The van der Waals surface area contributed by atoms with E-state index in [1.807, 2.05) is 18.2 Å². The SMILES string of the molecule is NCCOc1ccc2c(c1)CCC(c1ccccc1)O2. The summed E-state index contributed by atoms with van der Waals surface area (Å²) in [7, 11) is 0. The number of aryl methyl sites for hydroxylation is 1. The fourth-order valence-corrected chi connectivity index (χ4v) is 2.53. The van der Waals surface area contributed by atoms with E-state index in [0.29, 0.717) is 13.2 Å². The van der Waals surface area contributed by atoms with Gasteiger partial charge in [0.15, 0.2) is 0 Å². The maximum atomic E-state index is 6.10. The molecular weight excluding hydrogens is 250 g/mol. The predicted molar refractivity (Wildman–Crippen MR) is 79.1 cm³/mol. The van der Waals surface area contributed by atoms with E-state index in [0.717, 1.165) is 24.3 Å². The molecule has 1 heterocycles. The second-order valence-corrected chi connectivity index (χ2v) is 4.96. The lowest BCUT2D eigenvalue weighted by Crippen LogP contribution is -2.15. The molecular formula is C17H19NO2. The van der Waals surface area contributed by atoms with Gasteiger partial charge in [-0.1, -0.05) is 30.3 Å². The van der Waals surface area contributed by atoms with Crippen LogP contribution < -0.4 is 15.2 Å². The third-order valence-corrected chi connectivity index (χ3v) is 3.53. The molecule has 0 fully saturated rings. The van der Waals surface area contributed by atoms with Crippen LogP contribution in [-0.2, 0) is 6.42 Å². The zero-order valence-corrected chi connectivity index (χ0v) is 11.4. The van der Waals surface area contributed by atoms with Crippen LogP contribution in [0.1, 0.15) is 23.7 Å². The minimum Gasteiger partial charge on any atom is -0.492 e. The van der Waals surface area contributed by atoms with Crippen LogP contribution in [0.25, 0.3) is 0 Å². The second kappa shape index (κ2) is 5.97. The molecule has 0 amide bonds. The number of nitrogens with two attached hydrogens (primary N) is 1. The van der Waals surface area contributed by atoms with Crippen LogP contribution in [0.2, 0.25) is 0 Å². The van der Waals surface area contributed by atoms with Crippen molar-refractivity contribution >= 4 is 0 Å². The summed E-state index contributed by atoms with van der Waals surface area (Å²) in [5.74, 6) is 1.83. The standard InChI is InChI=1S/C17H19NO2/c18-10-11-19-15-7-9-17-14(12-15)6-8-16(20-17)13-4-2-1-3-5-13/h1-5,7,9,12,16H,6,8,10-11,18H2. The maximum Gasteiger partial charge on any atom is 0.124 e. The highest BCUT2D eigenvalue weighted by atomic mass is 16.5. The third kappa shape index (κ3) is 2.78. The van der Waals surface area contributed by atoms with Crippen LogP contribution in [0.5, 0.6) is 11.5 Å². The third-order valence-electron chi connectivity index (χ3n) is 3.53. The van der Waals surface area contributed by atoms with Gasteiger partial charge in [-0.05, 0) is 42.2 Å². The van der Waals surface area contributed by atoms with E-state index < -0.39 is 0 Å². The second-order valence-electron chi connectivity index (χ2n) is 4.96. The Labute approximate surface area is 119 Å². The Hall–Kier alpha value is -2.00. The average molecular weight is 269 g/mol. The summed E-state index contributed by atoms with van der Waals surface area (Å²) in [6.07, 6.45) is 2.16. The van der Waals surface area contributed by atoms with E-state index in [2.05, 4.69) is 30.3 Å². The van der Waals surface area contributed by atoms with E-state index in [-0.39, 0.29) is 6.10 Å². The molecule has 0 saturated carbocycles. The Kier molecular flexibility index (Phi) is 3.88. The van der Waals surface area contributed by atoms with Crippen molar-refractivity contribution in [2.45, 2.75) is 18.9 Å². The van der Waals surface area contributed by atoms with Crippen molar-refractivity contribution in [3.05, 3.63) is 59.7 Å². The fourth-order valence-electron chi connectivity index (χ4n) is 2.53. The summed E-state index contributed by atoms with van der Waals surface area (Å²) in [5.41, 5.74) is 7.90. The molecule has 20 heavy (non-hydrogen) atoms.